The van der Waals surface area contributed by atoms with E-state index in [2.05, 4.69) is 32.8 Å². The Morgan fingerprint density at radius 3 is 2.95 bits per heavy atom. The number of hydrogen-bond acceptors (Lipinski definition) is 5. The van der Waals surface area contributed by atoms with Crippen molar-refractivity contribution >= 4 is 55.7 Å². The van der Waals surface area contributed by atoms with Crippen LogP contribution >= 0.6 is 50.6 Å². The molecule has 20 heavy (non-hydrogen) atoms. The van der Waals surface area contributed by atoms with E-state index < -0.39 is 0 Å². The Kier molecular flexibility index (Phi) is 3.92. The van der Waals surface area contributed by atoms with E-state index in [0.717, 1.165) is 36.4 Å². The number of thiophene rings is 1. The van der Waals surface area contributed by atoms with Crippen molar-refractivity contribution in [3.63, 3.8) is 0 Å². The van der Waals surface area contributed by atoms with Crippen molar-refractivity contribution in [2.45, 2.75) is 18.9 Å². The zero-order chi connectivity index (χ0) is 14.3. The summed E-state index contributed by atoms with van der Waals surface area (Å²) in [6.45, 7) is 2.11. The minimum Gasteiger partial charge on any atom is -0.265 e. The van der Waals surface area contributed by atoms with Crippen LogP contribution in [-0.4, -0.2) is 21.3 Å². The minimum absolute atomic E-state index is 0.368. The van der Waals surface area contributed by atoms with E-state index in [1.807, 2.05) is 18.5 Å². The van der Waals surface area contributed by atoms with Crippen LogP contribution in [0.5, 0.6) is 0 Å². The first kappa shape index (κ1) is 14.5. The molecule has 1 aliphatic rings. The van der Waals surface area contributed by atoms with Gasteiger partial charge in [-0.15, -0.1) is 23.1 Å². The number of hydrogen-bond donors (Lipinski definition) is 0. The maximum atomic E-state index is 6.36. The van der Waals surface area contributed by atoms with Crippen LogP contribution < -0.4 is 0 Å². The van der Waals surface area contributed by atoms with Gasteiger partial charge >= 0.3 is 0 Å². The van der Waals surface area contributed by atoms with Gasteiger partial charge in [-0.05, 0) is 35.2 Å². The Labute approximate surface area is 139 Å². The lowest BCUT2D eigenvalue weighted by atomic mass is 9.90. The van der Waals surface area contributed by atoms with Gasteiger partial charge in [0.1, 0.15) is 16.9 Å². The fourth-order valence-corrected chi connectivity index (χ4v) is 5.21. The van der Waals surface area contributed by atoms with Gasteiger partial charge in [-0.25, -0.2) is 9.97 Å². The molecule has 0 N–H and O–H groups in total. The number of halogens is 2. The maximum Gasteiger partial charge on any atom is 0.115 e. The molecule has 0 saturated carbocycles. The summed E-state index contributed by atoms with van der Waals surface area (Å²) in [5.41, 5.74) is 1.69. The molecule has 0 aliphatic carbocycles. The second-order valence-corrected chi connectivity index (χ2v) is 8.32. The van der Waals surface area contributed by atoms with Gasteiger partial charge < -0.3 is 0 Å². The fraction of sp³-hybridized carbons (Fsp3) is 0.308. The largest absolute Gasteiger partial charge is 0.265 e. The van der Waals surface area contributed by atoms with Crippen LogP contribution in [0, 0.1) is 0 Å². The van der Waals surface area contributed by atoms with E-state index in [9.17, 15) is 0 Å². The zero-order valence-electron chi connectivity index (χ0n) is 10.9. The summed E-state index contributed by atoms with van der Waals surface area (Å²) in [6, 6.07) is 1.93. The van der Waals surface area contributed by atoms with E-state index in [-0.39, 0.29) is 5.54 Å². The van der Waals surface area contributed by atoms with Crippen molar-refractivity contribution < 1.29 is 0 Å². The standard InChI is InChI=1S/C13H11BrClN3S2/c1-13(11-8(15)3-10(14)20-11)4-9-7(5-16-6-17-9)12(18-13)19-2/h3,5-6H,4H2,1-2H3. The first-order valence-corrected chi connectivity index (χ1v) is 9.13. The van der Waals surface area contributed by atoms with Crippen molar-refractivity contribution in [1.29, 1.82) is 0 Å². The highest BCUT2D eigenvalue weighted by atomic mass is 79.9. The van der Waals surface area contributed by atoms with Gasteiger partial charge in [0.25, 0.3) is 0 Å². The van der Waals surface area contributed by atoms with Crippen molar-refractivity contribution in [2.24, 2.45) is 4.99 Å². The molecule has 0 bridgehead atoms. The van der Waals surface area contributed by atoms with E-state index in [0.29, 0.717) is 0 Å². The number of aromatic nitrogens is 2. The van der Waals surface area contributed by atoms with Crippen molar-refractivity contribution in [3.8, 4) is 0 Å². The van der Waals surface area contributed by atoms with Crippen LogP contribution in [0.15, 0.2) is 27.4 Å². The predicted octanol–water partition coefficient (Wildman–Crippen LogP) is 4.54. The van der Waals surface area contributed by atoms with Gasteiger partial charge in [-0.2, -0.15) is 0 Å². The van der Waals surface area contributed by atoms with Crippen LogP contribution in [0.1, 0.15) is 23.1 Å². The molecule has 0 fully saturated rings. The first-order chi connectivity index (χ1) is 9.53. The SMILES string of the molecule is CSC1=NC(C)(c2sc(Br)cc2Cl)Cc2ncncc21. The van der Waals surface area contributed by atoms with E-state index in [1.54, 1.807) is 29.4 Å². The molecule has 0 spiro atoms. The maximum absolute atomic E-state index is 6.36. The lowest BCUT2D eigenvalue weighted by Gasteiger charge is -2.30. The summed E-state index contributed by atoms with van der Waals surface area (Å²) < 4.78 is 1.02. The molecular formula is C13H11BrClN3S2. The Hall–Kier alpha value is -0.430. The normalized spacial score (nSPS) is 21.5. The third-order valence-electron chi connectivity index (χ3n) is 3.22. The number of fused-ring (bicyclic) bond motifs is 1. The van der Waals surface area contributed by atoms with Crippen LogP contribution in [0.25, 0.3) is 0 Å². The molecule has 7 heteroatoms. The summed E-state index contributed by atoms with van der Waals surface area (Å²) in [6.07, 6.45) is 6.19. The summed E-state index contributed by atoms with van der Waals surface area (Å²) in [5.74, 6) is 0. The number of rotatable bonds is 1. The highest BCUT2D eigenvalue weighted by Crippen LogP contribution is 2.44. The zero-order valence-corrected chi connectivity index (χ0v) is 14.8. The molecule has 104 valence electrons. The van der Waals surface area contributed by atoms with E-state index in [4.69, 9.17) is 16.6 Å². The molecule has 3 nitrogen and oxygen atoms in total. The Balaban J connectivity index is 2.15. The quantitative estimate of drug-likeness (QED) is 0.720. The summed E-state index contributed by atoms with van der Waals surface area (Å²) in [7, 11) is 0. The summed E-state index contributed by atoms with van der Waals surface area (Å²) >= 11 is 13.1. The number of thioether (sulfide) groups is 1. The topological polar surface area (TPSA) is 38.1 Å². The monoisotopic (exact) mass is 387 g/mol. The number of aliphatic imine (C=N–C) groups is 1. The molecule has 3 heterocycles. The van der Waals surface area contributed by atoms with Gasteiger partial charge in [0.15, 0.2) is 0 Å². The third-order valence-corrected chi connectivity index (χ3v) is 6.22. The van der Waals surface area contributed by atoms with Crippen LogP contribution in [-0.2, 0) is 12.0 Å². The van der Waals surface area contributed by atoms with Gasteiger partial charge in [0, 0.05) is 18.2 Å². The lowest BCUT2D eigenvalue weighted by molar-refractivity contribution is 0.492. The van der Waals surface area contributed by atoms with Gasteiger partial charge in [0.05, 0.1) is 19.4 Å². The van der Waals surface area contributed by atoms with E-state index >= 15 is 0 Å². The van der Waals surface area contributed by atoms with Crippen molar-refractivity contribution in [2.75, 3.05) is 6.26 Å². The fourth-order valence-electron chi connectivity index (χ4n) is 2.32. The lowest BCUT2D eigenvalue weighted by Crippen LogP contribution is -2.29. The average molecular weight is 389 g/mol. The van der Waals surface area contributed by atoms with Crippen LogP contribution in [0.4, 0.5) is 0 Å². The Bertz CT molecular complexity index is 701. The number of nitrogens with zero attached hydrogens (tertiary/aromatic N) is 3. The summed E-state index contributed by atoms with van der Waals surface area (Å²) in [5, 5.41) is 1.72. The van der Waals surface area contributed by atoms with Gasteiger partial charge in [-0.1, -0.05) is 11.6 Å². The summed E-state index contributed by atoms with van der Waals surface area (Å²) in [4.78, 5) is 14.5. The minimum atomic E-state index is -0.368. The second-order valence-electron chi connectivity index (χ2n) is 4.68. The smallest absolute Gasteiger partial charge is 0.115 e. The molecule has 1 aliphatic heterocycles. The van der Waals surface area contributed by atoms with E-state index in [1.165, 1.54) is 0 Å². The molecule has 3 rings (SSSR count). The highest BCUT2D eigenvalue weighted by Gasteiger charge is 2.36. The molecule has 1 atom stereocenters. The highest BCUT2D eigenvalue weighted by molar-refractivity contribution is 9.11. The molecule has 0 aromatic carbocycles. The third kappa shape index (κ3) is 2.43. The van der Waals surface area contributed by atoms with Crippen LogP contribution in [0.2, 0.25) is 5.02 Å². The molecule has 1 unspecified atom stereocenters. The van der Waals surface area contributed by atoms with Crippen LogP contribution in [0.3, 0.4) is 0 Å². The molecular weight excluding hydrogens is 378 g/mol. The van der Waals surface area contributed by atoms with Crippen molar-refractivity contribution in [1.82, 2.24) is 9.97 Å². The second kappa shape index (κ2) is 5.40. The molecule has 0 amide bonds. The molecule has 2 aromatic rings. The Morgan fingerprint density at radius 1 is 1.50 bits per heavy atom. The molecule has 0 saturated heterocycles. The Morgan fingerprint density at radius 2 is 2.30 bits per heavy atom. The van der Waals surface area contributed by atoms with Crippen molar-refractivity contribution in [3.05, 3.63) is 43.5 Å². The van der Waals surface area contributed by atoms with Gasteiger partial charge in [0.2, 0.25) is 0 Å². The predicted molar refractivity (Wildman–Crippen MR) is 90.2 cm³/mol. The van der Waals surface area contributed by atoms with Gasteiger partial charge in [-0.3, -0.25) is 4.99 Å². The molecule has 2 aromatic heterocycles. The average Bonchev–Trinajstić information content (AvgIpc) is 2.77. The first-order valence-electron chi connectivity index (χ1n) is 5.92. The molecule has 0 radical (unpaired) electrons.